The van der Waals surface area contributed by atoms with E-state index in [0.29, 0.717) is 5.75 Å². The number of aryl methyl sites for hydroxylation is 1. The van der Waals surface area contributed by atoms with Gasteiger partial charge >= 0.3 is 0 Å². The van der Waals surface area contributed by atoms with Crippen LogP contribution in [0, 0.1) is 31.0 Å². The summed E-state index contributed by atoms with van der Waals surface area (Å²) in [5, 5.41) is 8.67. The van der Waals surface area contributed by atoms with Gasteiger partial charge in [-0.15, -0.1) is 0 Å². The van der Waals surface area contributed by atoms with E-state index in [2.05, 4.69) is 0 Å². The first kappa shape index (κ1) is 12.1. The predicted octanol–water partition coefficient (Wildman–Crippen LogP) is 4.11. The fourth-order valence-electron chi connectivity index (χ4n) is 1.61. The van der Waals surface area contributed by atoms with Gasteiger partial charge in [-0.05, 0) is 49.2 Å². The third kappa shape index (κ3) is 2.33. The van der Waals surface area contributed by atoms with Crippen LogP contribution in [-0.2, 0) is 0 Å². The molecule has 2 nitrogen and oxygen atoms in total. The summed E-state index contributed by atoms with van der Waals surface area (Å²) in [6, 6.07) is 11.7. The van der Waals surface area contributed by atoms with E-state index in [4.69, 9.17) is 10.00 Å². The summed E-state index contributed by atoms with van der Waals surface area (Å²) >= 11 is 0. The van der Waals surface area contributed by atoms with E-state index in [0.717, 1.165) is 11.1 Å². The zero-order valence-electron chi connectivity index (χ0n) is 10.2. The third-order valence-corrected chi connectivity index (χ3v) is 2.84. The van der Waals surface area contributed by atoms with Crippen LogP contribution in [0.2, 0.25) is 0 Å². The molecule has 0 spiro atoms. The summed E-state index contributed by atoms with van der Waals surface area (Å²) in [4.78, 5) is 0. The van der Waals surface area contributed by atoms with Gasteiger partial charge in [-0.1, -0.05) is 12.1 Å². The van der Waals surface area contributed by atoms with Gasteiger partial charge in [0, 0.05) is 0 Å². The third-order valence-electron chi connectivity index (χ3n) is 2.84. The van der Waals surface area contributed by atoms with E-state index in [1.807, 2.05) is 32.0 Å². The van der Waals surface area contributed by atoms with Gasteiger partial charge in [0.1, 0.15) is 5.75 Å². The number of halogens is 1. The summed E-state index contributed by atoms with van der Waals surface area (Å²) in [6.45, 7) is 3.89. The Hall–Kier alpha value is -2.34. The van der Waals surface area contributed by atoms with E-state index in [9.17, 15) is 4.39 Å². The minimum atomic E-state index is -0.532. The number of ether oxygens (including phenoxy) is 1. The minimum absolute atomic E-state index is 0.128. The first-order valence-electron chi connectivity index (χ1n) is 5.55. The molecule has 0 aliphatic carbocycles. The Labute approximate surface area is 105 Å². The topological polar surface area (TPSA) is 33.0 Å². The van der Waals surface area contributed by atoms with E-state index >= 15 is 0 Å². The number of hydrogen-bond donors (Lipinski definition) is 0. The highest BCUT2D eigenvalue weighted by Crippen LogP contribution is 2.28. The van der Waals surface area contributed by atoms with Crippen molar-refractivity contribution in [3.05, 3.63) is 58.9 Å². The van der Waals surface area contributed by atoms with Gasteiger partial charge in [-0.25, -0.2) is 4.39 Å². The predicted molar refractivity (Wildman–Crippen MR) is 67.1 cm³/mol. The summed E-state index contributed by atoms with van der Waals surface area (Å²) in [6.07, 6.45) is 0. The molecular formula is C15H12FNO. The SMILES string of the molecule is Cc1cccc(Oc2ccc(C#N)cc2F)c1C. The van der Waals surface area contributed by atoms with Crippen LogP contribution in [0.25, 0.3) is 0 Å². The van der Waals surface area contributed by atoms with Crippen molar-refractivity contribution in [2.45, 2.75) is 13.8 Å². The van der Waals surface area contributed by atoms with Crippen molar-refractivity contribution in [3.63, 3.8) is 0 Å². The number of benzene rings is 2. The fourth-order valence-corrected chi connectivity index (χ4v) is 1.61. The maximum atomic E-state index is 13.7. The molecule has 2 aromatic carbocycles. The summed E-state index contributed by atoms with van der Waals surface area (Å²) in [5.74, 6) is 0.219. The minimum Gasteiger partial charge on any atom is -0.454 e. The Morgan fingerprint density at radius 1 is 1.11 bits per heavy atom. The Morgan fingerprint density at radius 2 is 1.89 bits per heavy atom. The summed E-state index contributed by atoms with van der Waals surface area (Å²) < 4.78 is 19.2. The largest absolute Gasteiger partial charge is 0.454 e. The first-order chi connectivity index (χ1) is 8.61. The molecule has 0 aromatic heterocycles. The number of hydrogen-bond acceptors (Lipinski definition) is 2. The van der Waals surface area contributed by atoms with Gasteiger partial charge < -0.3 is 4.74 Å². The Kier molecular flexibility index (Phi) is 3.29. The Morgan fingerprint density at radius 3 is 2.56 bits per heavy atom. The Balaban J connectivity index is 2.35. The molecule has 3 heteroatoms. The second-order valence-electron chi connectivity index (χ2n) is 4.06. The molecule has 0 saturated heterocycles. The maximum absolute atomic E-state index is 13.7. The molecule has 0 fully saturated rings. The molecule has 0 amide bonds. The average molecular weight is 241 g/mol. The van der Waals surface area contributed by atoms with Gasteiger partial charge in [-0.3, -0.25) is 0 Å². The highest BCUT2D eigenvalue weighted by Gasteiger charge is 2.08. The number of nitriles is 1. The molecule has 90 valence electrons. The molecule has 0 unspecified atom stereocenters. The van der Waals surface area contributed by atoms with Crippen LogP contribution in [0.1, 0.15) is 16.7 Å². The van der Waals surface area contributed by atoms with Crippen molar-refractivity contribution in [2.24, 2.45) is 0 Å². The van der Waals surface area contributed by atoms with E-state index in [-0.39, 0.29) is 11.3 Å². The molecule has 0 radical (unpaired) electrons. The Bertz CT molecular complexity index is 629. The quantitative estimate of drug-likeness (QED) is 0.792. The summed E-state index contributed by atoms with van der Waals surface area (Å²) in [7, 11) is 0. The lowest BCUT2D eigenvalue weighted by Gasteiger charge is -2.11. The zero-order chi connectivity index (χ0) is 13.1. The smallest absolute Gasteiger partial charge is 0.167 e. The molecule has 18 heavy (non-hydrogen) atoms. The van der Waals surface area contributed by atoms with Crippen molar-refractivity contribution in [1.29, 1.82) is 5.26 Å². The second-order valence-corrected chi connectivity index (χ2v) is 4.06. The second kappa shape index (κ2) is 4.89. The molecule has 0 atom stereocenters. The highest BCUT2D eigenvalue weighted by atomic mass is 19.1. The molecule has 0 aliphatic heterocycles. The van der Waals surface area contributed by atoms with Crippen LogP contribution < -0.4 is 4.74 Å². The molecule has 0 heterocycles. The van der Waals surface area contributed by atoms with E-state index in [1.165, 1.54) is 18.2 Å². The first-order valence-corrected chi connectivity index (χ1v) is 5.55. The van der Waals surface area contributed by atoms with E-state index < -0.39 is 5.82 Å². The van der Waals surface area contributed by atoms with Crippen molar-refractivity contribution in [1.82, 2.24) is 0 Å². The summed E-state index contributed by atoms with van der Waals surface area (Å²) in [5.41, 5.74) is 2.34. The van der Waals surface area contributed by atoms with Crippen LogP contribution in [0.5, 0.6) is 11.5 Å². The average Bonchev–Trinajstić information content (AvgIpc) is 2.37. The molecule has 2 aromatic rings. The van der Waals surface area contributed by atoms with Gasteiger partial charge in [0.05, 0.1) is 11.6 Å². The molecule has 0 aliphatic rings. The molecule has 0 bridgehead atoms. The van der Waals surface area contributed by atoms with Crippen molar-refractivity contribution >= 4 is 0 Å². The van der Waals surface area contributed by atoms with Crippen LogP contribution in [-0.4, -0.2) is 0 Å². The van der Waals surface area contributed by atoms with Crippen molar-refractivity contribution in [2.75, 3.05) is 0 Å². The van der Waals surface area contributed by atoms with Crippen LogP contribution >= 0.6 is 0 Å². The monoisotopic (exact) mass is 241 g/mol. The maximum Gasteiger partial charge on any atom is 0.167 e. The van der Waals surface area contributed by atoms with E-state index in [1.54, 1.807) is 6.07 Å². The number of rotatable bonds is 2. The lowest BCUT2D eigenvalue weighted by atomic mass is 10.1. The van der Waals surface area contributed by atoms with Crippen LogP contribution in [0.3, 0.4) is 0 Å². The lowest BCUT2D eigenvalue weighted by molar-refractivity contribution is 0.439. The fraction of sp³-hybridized carbons (Fsp3) is 0.133. The lowest BCUT2D eigenvalue weighted by Crippen LogP contribution is -1.92. The van der Waals surface area contributed by atoms with Gasteiger partial charge in [0.25, 0.3) is 0 Å². The normalized spacial score (nSPS) is 9.89. The zero-order valence-corrected chi connectivity index (χ0v) is 10.2. The standard InChI is InChI=1S/C15H12FNO/c1-10-4-3-5-14(11(10)2)18-15-7-6-12(9-17)8-13(15)16/h3-8H,1-2H3. The number of nitrogens with zero attached hydrogens (tertiary/aromatic N) is 1. The van der Waals surface area contributed by atoms with Crippen LogP contribution in [0.15, 0.2) is 36.4 Å². The molecule has 2 rings (SSSR count). The van der Waals surface area contributed by atoms with Crippen LogP contribution in [0.4, 0.5) is 4.39 Å². The molecular weight excluding hydrogens is 229 g/mol. The van der Waals surface area contributed by atoms with Gasteiger partial charge in [-0.2, -0.15) is 5.26 Å². The molecule has 0 N–H and O–H groups in total. The van der Waals surface area contributed by atoms with Crippen molar-refractivity contribution < 1.29 is 9.13 Å². The molecule has 0 saturated carbocycles. The van der Waals surface area contributed by atoms with Gasteiger partial charge in [0.2, 0.25) is 0 Å². The highest BCUT2D eigenvalue weighted by molar-refractivity contribution is 5.43. The van der Waals surface area contributed by atoms with Gasteiger partial charge in [0.15, 0.2) is 11.6 Å². The van der Waals surface area contributed by atoms with Crippen molar-refractivity contribution in [3.8, 4) is 17.6 Å².